The van der Waals surface area contributed by atoms with Crippen LogP contribution in [0.1, 0.15) is 66.2 Å². The van der Waals surface area contributed by atoms with Crippen LogP contribution in [-0.2, 0) is 14.2 Å². The molecule has 2 saturated heterocycles. The molecule has 1 aliphatic carbocycles. The van der Waals surface area contributed by atoms with Crippen molar-refractivity contribution in [2.24, 2.45) is 11.8 Å². The van der Waals surface area contributed by atoms with Crippen LogP contribution in [0.4, 0.5) is 0 Å². The van der Waals surface area contributed by atoms with E-state index in [-0.39, 0.29) is 11.2 Å². The van der Waals surface area contributed by atoms with E-state index in [0.717, 1.165) is 25.0 Å². The lowest BCUT2D eigenvalue weighted by Gasteiger charge is -2.22. The molecule has 2 heterocycles. The van der Waals surface area contributed by atoms with Gasteiger partial charge in [0.1, 0.15) is 0 Å². The fourth-order valence-corrected chi connectivity index (χ4v) is 3.72. The van der Waals surface area contributed by atoms with E-state index >= 15 is 0 Å². The Labute approximate surface area is 129 Å². The summed E-state index contributed by atoms with van der Waals surface area (Å²) < 4.78 is 17.3. The number of ether oxygens (including phenoxy) is 3. The number of hydrogen-bond donors (Lipinski definition) is 0. The highest BCUT2D eigenvalue weighted by molar-refractivity contribution is 5.03. The van der Waals surface area contributed by atoms with E-state index < -0.39 is 0 Å². The Bertz CT molecular complexity index is 367. The summed E-state index contributed by atoms with van der Waals surface area (Å²) in [7, 11) is 0. The first-order chi connectivity index (χ1) is 9.89. The average molecular weight is 296 g/mol. The van der Waals surface area contributed by atoms with Crippen LogP contribution in [0.2, 0.25) is 0 Å². The van der Waals surface area contributed by atoms with Crippen molar-refractivity contribution in [1.29, 1.82) is 0 Å². The second-order valence-corrected chi connectivity index (χ2v) is 8.32. The topological polar surface area (TPSA) is 34.3 Å². The molecule has 5 atom stereocenters. The van der Waals surface area contributed by atoms with Gasteiger partial charge in [-0.05, 0) is 71.1 Å². The molecule has 0 radical (unpaired) electrons. The zero-order chi connectivity index (χ0) is 15.1. The lowest BCUT2D eigenvalue weighted by Crippen LogP contribution is -2.24. The third-order valence-corrected chi connectivity index (χ3v) is 5.83. The van der Waals surface area contributed by atoms with Gasteiger partial charge in [0, 0.05) is 13.2 Å². The van der Waals surface area contributed by atoms with Crippen molar-refractivity contribution in [3.05, 3.63) is 0 Å². The molecule has 3 heteroatoms. The maximum Gasteiger partial charge on any atom is 0.0920 e. The third kappa shape index (κ3) is 4.00. The molecule has 21 heavy (non-hydrogen) atoms. The minimum atomic E-state index is 0.149. The monoisotopic (exact) mass is 296 g/mol. The summed E-state index contributed by atoms with van der Waals surface area (Å²) in [4.78, 5) is 0. The molecular formula is C18H32O3. The van der Waals surface area contributed by atoms with Crippen molar-refractivity contribution < 1.29 is 14.2 Å². The summed E-state index contributed by atoms with van der Waals surface area (Å²) in [5.74, 6) is 1.47. The molecular weight excluding hydrogens is 264 g/mol. The van der Waals surface area contributed by atoms with Crippen LogP contribution in [0.15, 0.2) is 0 Å². The van der Waals surface area contributed by atoms with Crippen molar-refractivity contribution in [3.63, 3.8) is 0 Å². The highest BCUT2D eigenvalue weighted by Gasteiger charge is 2.55. The molecule has 3 nitrogen and oxygen atoms in total. The third-order valence-electron chi connectivity index (χ3n) is 5.83. The van der Waals surface area contributed by atoms with Gasteiger partial charge in [-0.15, -0.1) is 0 Å². The van der Waals surface area contributed by atoms with E-state index in [1.165, 1.54) is 38.5 Å². The van der Waals surface area contributed by atoms with Gasteiger partial charge in [0.2, 0.25) is 0 Å². The van der Waals surface area contributed by atoms with E-state index in [0.29, 0.717) is 12.2 Å². The van der Waals surface area contributed by atoms with E-state index in [9.17, 15) is 0 Å². The van der Waals surface area contributed by atoms with Crippen LogP contribution in [0.3, 0.4) is 0 Å². The summed E-state index contributed by atoms with van der Waals surface area (Å²) in [6.07, 6.45) is 8.37. The van der Waals surface area contributed by atoms with Crippen molar-refractivity contribution in [2.45, 2.75) is 89.6 Å². The van der Waals surface area contributed by atoms with E-state index in [1.807, 2.05) is 0 Å². The first-order valence-corrected chi connectivity index (χ1v) is 8.82. The average Bonchev–Trinajstić information content (AvgIpc) is 3.26. The van der Waals surface area contributed by atoms with Crippen molar-refractivity contribution >= 4 is 0 Å². The molecule has 0 N–H and O–H groups in total. The predicted molar refractivity (Wildman–Crippen MR) is 83.4 cm³/mol. The van der Waals surface area contributed by atoms with Crippen LogP contribution >= 0.6 is 0 Å². The predicted octanol–water partition coefficient (Wildman–Crippen LogP) is 3.94. The SMILES string of the molecule is CC(CCOCC1CCC2(C)OC2C1)CCC1OC1(C)C. The largest absolute Gasteiger partial charge is 0.381 e. The van der Waals surface area contributed by atoms with Crippen molar-refractivity contribution in [1.82, 2.24) is 0 Å². The molecule has 122 valence electrons. The summed E-state index contributed by atoms with van der Waals surface area (Å²) in [6.45, 7) is 10.8. The number of rotatable bonds is 8. The second-order valence-electron chi connectivity index (χ2n) is 8.32. The highest BCUT2D eigenvalue weighted by Crippen LogP contribution is 2.49. The van der Waals surface area contributed by atoms with Gasteiger partial charge in [-0.25, -0.2) is 0 Å². The van der Waals surface area contributed by atoms with Gasteiger partial charge in [0.25, 0.3) is 0 Å². The van der Waals surface area contributed by atoms with Gasteiger partial charge >= 0.3 is 0 Å². The molecule has 1 saturated carbocycles. The first-order valence-electron chi connectivity index (χ1n) is 8.82. The molecule has 3 aliphatic rings. The Morgan fingerprint density at radius 2 is 1.95 bits per heavy atom. The molecule has 0 aromatic carbocycles. The van der Waals surface area contributed by atoms with Crippen LogP contribution < -0.4 is 0 Å². The van der Waals surface area contributed by atoms with Crippen molar-refractivity contribution in [2.75, 3.05) is 13.2 Å². The highest BCUT2D eigenvalue weighted by atomic mass is 16.6. The minimum Gasteiger partial charge on any atom is -0.381 e. The summed E-state index contributed by atoms with van der Waals surface area (Å²) in [5.41, 5.74) is 0.389. The van der Waals surface area contributed by atoms with Crippen LogP contribution in [0, 0.1) is 11.8 Å². The second kappa shape index (κ2) is 5.82. The van der Waals surface area contributed by atoms with E-state index in [4.69, 9.17) is 14.2 Å². The number of epoxide rings is 2. The van der Waals surface area contributed by atoms with Crippen LogP contribution in [-0.4, -0.2) is 36.6 Å². The molecule has 3 fully saturated rings. The van der Waals surface area contributed by atoms with Crippen molar-refractivity contribution in [3.8, 4) is 0 Å². The fourth-order valence-electron chi connectivity index (χ4n) is 3.72. The van der Waals surface area contributed by atoms with Gasteiger partial charge in [-0.2, -0.15) is 0 Å². The Morgan fingerprint density at radius 3 is 2.62 bits per heavy atom. The van der Waals surface area contributed by atoms with E-state index in [2.05, 4.69) is 27.7 Å². The Morgan fingerprint density at radius 1 is 1.19 bits per heavy atom. The maximum atomic E-state index is 5.92. The number of fused-ring (bicyclic) bond motifs is 1. The lowest BCUT2D eigenvalue weighted by molar-refractivity contribution is 0.0769. The normalized spacial score (nSPS) is 41.4. The molecule has 0 aromatic heterocycles. The molecule has 0 bridgehead atoms. The van der Waals surface area contributed by atoms with Gasteiger partial charge in [0.15, 0.2) is 0 Å². The molecule has 0 spiro atoms. The van der Waals surface area contributed by atoms with Gasteiger partial charge in [-0.3, -0.25) is 0 Å². The summed E-state index contributed by atoms with van der Waals surface area (Å²) in [5, 5.41) is 0. The van der Waals surface area contributed by atoms with Gasteiger partial charge in [-0.1, -0.05) is 6.92 Å². The van der Waals surface area contributed by atoms with Crippen LogP contribution in [0.5, 0.6) is 0 Å². The number of hydrogen-bond acceptors (Lipinski definition) is 3. The molecule has 0 amide bonds. The Kier molecular flexibility index (Phi) is 4.37. The Balaban J connectivity index is 1.20. The molecule has 0 aromatic rings. The summed E-state index contributed by atoms with van der Waals surface area (Å²) >= 11 is 0. The van der Waals surface area contributed by atoms with Gasteiger partial charge < -0.3 is 14.2 Å². The quantitative estimate of drug-likeness (QED) is 0.502. The van der Waals surface area contributed by atoms with Crippen LogP contribution in [0.25, 0.3) is 0 Å². The zero-order valence-electron chi connectivity index (χ0n) is 14.2. The maximum absolute atomic E-state index is 5.92. The first kappa shape index (κ1) is 15.8. The smallest absolute Gasteiger partial charge is 0.0920 e. The molecule has 3 rings (SSSR count). The standard InChI is InChI=1S/C18H32O3/c1-13(5-6-15-17(2,3)20-15)8-10-19-12-14-7-9-18(4)16(11-14)21-18/h13-16H,5-12H2,1-4H3. The minimum absolute atomic E-state index is 0.149. The molecule has 5 unspecified atom stereocenters. The van der Waals surface area contributed by atoms with Gasteiger partial charge in [0.05, 0.1) is 23.4 Å². The fraction of sp³-hybridized carbons (Fsp3) is 1.00. The van der Waals surface area contributed by atoms with E-state index in [1.54, 1.807) is 0 Å². The molecule has 2 aliphatic heterocycles. The zero-order valence-corrected chi connectivity index (χ0v) is 14.2. The Hall–Kier alpha value is -0.120. The lowest BCUT2D eigenvalue weighted by atomic mass is 9.83. The summed E-state index contributed by atoms with van der Waals surface area (Å²) in [6, 6.07) is 0.